The normalized spacial score (nSPS) is 11.1. The van der Waals surface area contributed by atoms with E-state index in [2.05, 4.69) is 27.6 Å². The average Bonchev–Trinajstić information content (AvgIpc) is 3.28. The minimum atomic E-state index is -0.0828. The highest BCUT2D eigenvalue weighted by Crippen LogP contribution is 2.27. The van der Waals surface area contributed by atoms with Gasteiger partial charge in [0.1, 0.15) is 12.4 Å². The van der Waals surface area contributed by atoms with Crippen LogP contribution in [0, 0.1) is 0 Å². The van der Waals surface area contributed by atoms with Crippen molar-refractivity contribution in [3.8, 4) is 5.75 Å². The SMILES string of the molecule is CCn1c(COc2cccc3ccccc23)nnc1SCC(=O)Nc1cccc2ccccc12. The lowest BCUT2D eigenvalue weighted by molar-refractivity contribution is -0.113. The zero-order valence-electron chi connectivity index (χ0n) is 18.8. The largest absolute Gasteiger partial charge is 0.485 e. The van der Waals surface area contributed by atoms with E-state index in [1.165, 1.54) is 11.8 Å². The summed E-state index contributed by atoms with van der Waals surface area (Å²) < 4.78 is 8.08. The Morgan fingerprint density at radius 1 is 0.882 bits per heavy atom. The number of fused-ring (bicyclic) bond motifs is 2. The van der Waals surface area contributed by atoms with Gasteiger partial charge in [-0.1, -0.05) is 84.6 Å². The highest BCUT2D eigenvalue weighted by molar-refractivity contribution is 7.99. The van der Waals surface area contributed by atoms with E-state index in [1.807, 2.05) is 84.3 Å². The summed E-state index contributed by atoms with van der Waals surface area (Å²) >= 11 is 1.37. The number of carbonyl (C=O) groups is 1. The molecule has 7 heteroatoms. The summed E-state index contributed by atoms with van der Waals surface area (Å²) in [6.45, 7) is 3.02. The molecule has 1 heterocycles. The molecule has 0 bridgehead atoms. The van der Waals surface area contributed by atoms with Crippen LogP contribution < -0.4 is 10.1 Å². The number of nitrogens with one attached hydrogen (secondary N) is 1. The molecule has 5 rings (SSSR count). The number of hydrogen-bond acceptors (Lipinski definition) is 5. The van der Waals surface area contributed by atoms with E-state index < -0.39 is 0 Å². The van der Waals surface area contributed by atoms with Gasteiger partial charge in [-0.05, 0) is 29.8 Å². The van der Waals surface area contributed by atoms with Gasteiger partial charge >= 0.3 is 0 Å². The summed E-state index contributed by atoms with van der Waals surface area (Å²) in [7, 11) is 0. The van der Waals surface area contributed by atoms with Gasteiger partial charge in [-0.3, -0.25) is 4.79 Å². The lowest BCUT2D eigenvalue weighted by atomic mass is 10.1. The van der Waals surface area contributed by atoms with Crippen LogP contribution in [0.2, 0.25) is 0 Å². The van der Waals surface area contributed by atoms with Crippen LogP contribution in [0.4, 0.5) is 5.69 Å². The molecule has 0 atom stereocenters. The molecule has 34 heavy (non-hydrogen) atoms. The Balaban J connectivity index is 1.24. The van der Waals surface area contributed by atoms with Crippen LogP contribution in [0.3, 0.4) is 0 Å². The monoisotopic (exact) mass is 468 g/mol. The molecular weight excluding hydrogens is 444 g/mol. The van der Waals surface area contributed by atoms with Crippen LogP contribution in [0.15, 0.2) is 90.1 Å². The molecule has 6 nitrogen and oxygen atoms in total. The first-order chi connectivity index (χ1) is 16.7. The van der Waals surface area contributed by atoms with Crippen molar-refractivity contribution in [1.29, 1.82) is 0 Å². The topological polar surface area (TPSA) is 69.0 Å². The Morgan fingerprint density at radius 2 is 1.56 bits per heavy atom. The van der Waals surface area contributed by atoms with Crippen molar-refractivity contribution in [2.45, 2.75) is 25.2 Å². The molecule has 0 radical (unpaired) electrons. The third-order valence-electron chi connectivity index (χ3n) is 5.61. The molecule has 0 unspecified atom stereocenters. The Bertz CT molecular complexity index is 1450. The number of amides is 1. The second-order valence-electron chi connectivity index (χ2n) is 7.77. The van der Waals surface area contributed by atoms with E-state index in [4.69, 9.17) is 4.74 Å². The molecule has 1 aromatic heterocycles. The van der Waals surface area contributed by atoms with Crippen LogP contribution in [0.5, 0.6) is 5.75 Å². The number of benzene rings is 4. The van der Waals surface area contributed by atoms with Crippen molar-refractivity contribution in [3.05, 3.63) is 90.8 Å². The number of hydrogen-bond donors (Lipinski definition) is 1. The number of carbonyl (C=O) groups excluding carboxylic acids is 1. The van der Waals surface area contributed by atoms with Crippen LogP contribution in [0.25, 0.3) is 21.5 Å². The quantitative estimate of drug-likeness (QED) is 0.287. The maximum Gasteiger partial charge on any atom is 0.234 e. The Kier molecular flexibility index (Phi) is 6.44. The zero-order chi connectivity index (χ0) is 23.3. The van der Waals surface area contributed by atoms with Crippen molar-refractivity contribution in [3.63, 3.8) is 0 Å². The molecule has 0 saturated heterocycles. The number of ether oxygens (including phenoxy) is 1. The highest BCUT2D eigenvalue weighted by Gasteiger charge is 2.15. The summed E-state index contributed by atoms with van der Waals surface area (Å²) in [5, 5.41) is 16.7. The Hall–Kier alpha value is -3.84. The molecule has 0 spiro atoms. The van der Waals surface area contributed by atoms with Gasteiger partial charge in [-0.25, -0.2) is 0 Å². The first kappa shape index (κ1) is 22.0. The zero-order valence-corrected chi connectivity index (χ0v) is 19.6. The number of aromatic nitrogens is 3. The Morgan fingerprint density at radius 3 is 2.35 bits per heavy atom. The fourth-order valence-corrected chi connectivity index (χ4v) is 4.79. The number of rotatable bonds is 8. The highest BCUT2D eigenvalue weighted by atomic mass is 32.2. The minimum Gasteiger partial charge on any atom is -0.485 e. The summed E-state index contributed by atoms with van der Waals surface area (Å²) in [4.78, 5) is 12.7. The van der Waals surface area contributed by atoms with E-state index in [-0.39, 0.29) is 11.7 Å². The van der Waals surface area contributed by atoms with Crippen LogP contribution in [-0.2, 0) is 17.9 Å². The minimum absolute atomic E-state index is 0.0828. The molecule has 5 aromatic rings. The van der Waals surface area contributed by atoms with Crippen LogP contribution in [0.1, 0.15) is 12.7 Å². The summed E-state index contributed by atoms with van der Waals surface area (Å²) in [5.41, 5.74) is 0.810. The molecule has 0 aliphatic heterocycles. The maximum atomic E-state index is 12.7. The van der Waals surface area contributed by atoms with Gasteiger partial charge in [0, 0.05) is 23.0 Å². The van der Waals surface area contributed by atoms with Crippen LogP contribution >= 0.6 is 11.8 Å². The van der Waals surface area contributed by atoms with E-state index in [9.17, 15) is 4.79 Å². The maximum absolute atomic E-state index is 12.7. The van der Waals surface area contributed by atoms with Crippen LogP contribution in [-0.4, -0.2) is 26.4 Å². The molecule has 4 aromatic carbocycles. The van der Waals surface area contributed by atoms with E-state index in [1.54, 1.807) is 0 Å². The van der Waals surface area contributed by atoms with Gasteiger partial charge < -0.3 is 14.6 Å². The van der Waals surface area contributed by atoms with Gasteiger partial charge in [-0.2, -0.15) is 0 Å². The second-order valence-corrected chi connectivity index (χ2v) is 8.72. The van der Waals surface area contributed by atoms with E-state index in [0.29, 0.717) is 18.3 Å². The first-order valence-electron chi connectivity index (χ1n) is 11.2. The number of nitrogens with zero attached hydrogens (tertiary/aromatic N) is 3. The van der Waals surface area contributed by atoms with E-state index >= 15 is 0 Å². The molecule has 1 N–H and O–H groups in total. The lowest BCUT2D eigenvalue weighted by Gasteiger charge is -2.11. The van der Waals surface area contributed by atoms with Gasteiger partial charge in [0.05, 0.1) is 5.75 Å². The van der Waals surface area contributed by atoms with Crippen molar-refractivity contribution in [2.24, 2.45) is 0 Å². The van der Waals surface area contributed by atoms with Crippen molar-refractivity contribution >= 4 is 44.9 Å². The molecule has 1 amide bonds. The molecule has 0 saturated carbocycles. The van der Waals surface area contributed by atoms with E-state index in [0.717, 1.165) is 38.8 Å². The fourth-order valence-electron chi connectivity index (χ4n) is 3.96. The second kappa shape index (κ2) is 9.97. The summed E-state index contributed by atoms with van der Waals surface area (Å²) in [5.74, 6) is 1.70. The third-order valence-corrected chi connectivity index (χ3v) is 6.58. The van der Waals surface area contributed by atoms with Gasteiger partial charge in [0.2, 0.25) is 5.91 Å². The summed E-state index contributed by atoms with van der Waals surface area (Å²) in [6, 6.07) is 28.0. The van der Waals surface area contributed by atoms with Gasteiger partial charge in [0.25, 0.3) is 0 Å². The molecule has 0 aliphatic rings. The van der Waals surface area contributed by atoms with Gasteiger partial charge in [0.15, 0.2) is 11.0 Å². The fraction of sp³-hybridized carbons (Fsp3) is 0.148. The van der Waals surface area contributed by atoms with Crippen molar-refractivity contribution < 1.29 is 9.53 Å². The smallest absolute Gasteiger partial charge is 0.234 e. The predicted octanol–water partition coefficient (Wildman–Crippen LogP) is 5.91. The molecule has 0 fully saturated rings. The van der Waals surface area contributed by atoms with Crippen molar-refractivity contribution in [1.82, 2.24) is 14.8 Å². The lowest BCUT2D eigenvalue weighted by Crippen LogP contribution is -2.15. The predicted molar refractivity (Wildman–Crippen MR) is 137 cm³/mol. The average molecular weight is 469 g/mol. The number of anilines is 1. The standard InChI is InChI=1S/C27H24N4O2S/c1-2-31-25(17-33-24-16-8-12-20-10-4-6-14-22(20)24)29-30-27(31)34-18-26(32)28-23-15-7-11-19-9-3-5-13-21(19)23/h3-16H,2,17-18H2,1H3,(H,28,32). The molecule has 0 aliphatic carbocycles. The Labute approximate surface area is 202 Å². The van der Waals surface area contributed by atoms with Crippen molar-refractivity contribution in [2.75, 3.05) is 11.1 Å². The van der Waals surface area contributed by atoms with Gasteiger partial charge in [-0.15, -0.1) is 10.2 Å². The first-order valence-corrected chi connectivity index (χ1v) is 12.1. The molecular formula is C27H24N4O2S. The molecule has 170 valence electrons. The third kappa shape index (κ3) is 4.61. The summed E-state index contributed by atoms with van der Waals surface area (Å²) in [6.07, 6.45) is 0. The number of thioether (sulfide) groups is 1.